The Morgan fingerprint density at radius 2 is 1.52 bits per heavy atom. The molecule has 0 bridgehead atoms. The molecular weight excluding hydrogens is 314 g/mol. The van der Waals surface area contributed by atoms with Crippen molar-refractivity contribution in [2.24, 2.45) is 5.92 Å². The maximum Gasteiger partial charge on any atom is 0.166 e. The van der Waals surface area contributed by atoms with Gasteiger partial charge in [0, 0.05) is 5.56 Å². The van der Waals surface area contributed by atoms with Crippen molar-refractivity contribution >= 4 is 0 Å². The van der Waals surface area contributed by atoms with Crippen LogP contribution in [-0.4, -0.2) is 0 Å². The minimum Gasteiger partial charge on any atom is -0.203 e. The fourth-order valence-electron chi connectivity index (χ4n) is 4.12. The number of rotatable bonds is 5. The molecule has 0 aliphatic heterocycles. The summed E-state index contributed by atoms with van der Waals surface area (Å²) in [6, 6.07) is 11.4. The molecule has 2 heteroatoms. The summed E-state index contributed by atoms with van der Waals surface area (Å²) in [5, 5.41) is 0. The Balaban J connectivity index is 1.83. The van der Waals surface area contributed by atoms with Gasteiger partial charge >= 0.3 is 0 Å². The topological polar surface area (TPSA) is 0 Å². The summed E-state index contributed by atoms with van der Waals surface area (Å²) in [6.45, 7) is 4.35. The van der Waals surface area contributed by atoms with Gasteiger partial charge in [-0.1, -0.05) is 63.1 Å². The van der Waals surface area contributed by atoms with Crippen LogP contribution in [0.25, 0.3) is 11.1 Å². The lowest BCUT2D eigenvalue weighted by molar-refractivity contribution is 0.312. The predicted molar refractivity (Wildman–Crippen MR) is 101 cm³/mol. The summed E-state index contributed by atoms with van der Waals surface area (Å²) in [4.78, 5) is 0. The van der Waals surface area contributed by atoms with Crippen LogP contribution in [0.15, 0.2) is 36.4 Å². The molecule has 0 spiro atoms. The molecular formula is C23H28F2. The molecule has 0 atom stereocenters. The molecule has 1 aliphatic rings. The Labute approximate surface area is 150 Å². The first-order chi connectivity index (χ1) is 12.1. The standard InChI is InChI=1S/C23H28F2/c1-3-5-17-8-12-19(13-9-17)21-15-14-20(22(24)23(21)25)18-10-6-16(4-2)7-11-18/h8-9,12-16,18H,3-7,10-11H2,1-2H3. The quantitative estimate of drug-likeness (QED) is 0.536. The molecule has 0 nitrogen and oxygen atoms in total. The van der Waals surface area contributed by atoms with Crippen molar-refractivity contribution in [2.45, 2.75) is 64.7 Å². The molecule has 1 fully saturated rings. The fraction of sp³-hybridized carbons (Fsp3) is 0.478. The molecule has 2 aromatic carbocycles. The number of aryl methyl sites for hydroxylation is 1. The SMILES string of the molecule is CCCc1ccc(-c2ccc(C3CCC(CC)CC3)c(F)c2F)cc1. The van der Waals surface area contributed by atoms with Gasteiger partial charge in [-0.05, 0) is 60.6 Å². The van der Waals surface area contributed by atoms with Gasteiger partial charge in [0.1, 0.15) is 0 Å². The molecule has 25 heavy (non-hydrogen) atoms. The molecule has 3 rings (SSSR count). The van der Waals surface area contributed by atoms with Crippen LogP contribution >= 0.6 is 0 Å². The summed E-state index contributed by atoms with van der Waals surface area (Å²) in [5.41, 5.74) is 2.92. The van der Waals surface area contributed by atoms with Crippen molar-refractivity contribution in [1.82, 2.24) is 0 Å². The lowest BCUT2D eigenvalue weighted by Crippen LogP contribution is -2.14. The van der Waals surface area contributed by atoms with Gasteiger partial charge in [-0.15, -0.1) is 0 Å². The number of benzene rings is 2. The molecule has 0 saturated heterocycles. The van der Waals surface area contributed by atoms with Gasteiger partial charge in [-0.2, -0.15) is 0 Å². The van der Waals surface area contributed by atoms with E-state index >= 15 is 0 Å². The summed E-state index contributed by atoms with van der Waals surface area (Å²) in [5.74, 6) is -0.420. The normalized spacial score (nSPS) is 20.6. The third kappa shape index (κ3) is 3.94. The van der Waals surface area contributed by atoms with E-state index in [4.69, 9.17) is 0 Å². The third-order valence-corrected chi connectivity index (χ3v) is 5.78. The first kappa shape index (κ1) is 18.1. The van der Waals surface area contributed by atoms with Crippen molar-refractivity contribution in [3.8, 4) is 11.1 Å². The van der Waals surface area contributed by atoms with Crippen LogP contribution in [0.5, 0.6) is 0 Å². The fourth-order valence-corrected chi connectivity index (χ4v) is 4.12. The second-order valence-electron chi connectivity index (χ2n) is 7.40. The van der Waals surface area contributed by atoms with Gasteiger partial charge < -0.3 is 0 Å². The zero-order chi connectivity index (χ0) is 17.8. The van der Waals surface area contributed by atoms with E-state index in [0.29, 0.717) is 11.1 Å². The van der Waals surface area contributed by atoms with Crippen LogP contribution in [-0.2, 0) is 6.42 Å². The molecule has 2 aromatic rings. The van der Waals surface area contributed by atoms with Gasteiger partial charge in [-0.25, -0.2) is 8.78 Å². The highest BCUT2D eigenvalue weighted by atomic mass is 19.2. The van der Waals surface area contributed by atoms with E-state index in [1.165, 1.54) is 12.0 Å². The van der Waals surface area contributed by atoms with E-state index in [2.05, 4.69) is 13.8 Å². The summed E-state index contributed by atoms with van der Waals surface area (Å²) < 4.78 is 29.5. The average Bonchev–Trinajstić information content (AvgIpc) is 2.65. The molecule has 1 aliphatic carbocycles. The Morgan fingerprint density at radius 3 is 2.12 bits per heavy atom. The zero-order valence-corrected chi connectivity index (χ0v) is 15.3. The second-order valence-corrected chi connectivity index (χ2v) is 7.40. The van der Waals surface area contributed by atoms with E-state index in [0.717, 1.165) is 50.0 Å². The molecule has 0 heterocycles. The van der Waals surface area contributed by atoms with E-state index in [9.17, 15) is 8.78 Å². The van der Waals surface area contributed by atoms with Gasteiger partial charge in [-0.3, -0.25) is 0 Å². The smallest absolute Gasteiger partial charge is 0.166 e. The van der Waals surface area contributed by atoms with Crippen LogP contribution in [0.4, 0.5) is 8.78 Å². The maximum atomic E-state index is 14.7. The Morgan fingerprint density at radius 1 is 0.840 bits per heavy atom. The predicted octanol–water partition coefficient (Wildman–Crippen LogP) is 7.27. The summed E-state index contributed by atoms with van der Waals surface area (Å²) >= 11 is 0. The molecule has 0 unspecified atom stereocenters. The minimum absolute atomic E-state index is 0.165. The lowest BCUT2D eigenvalue weighted by atomic mass is 9.77. The summed E-state index contributed by atoms with van der Waals surface area (Å²) in [7, 11) is 0. The Hall–Kier alpha value is -1.70. The first-order valence-corrected chi connectivity index (χ1v) is 9.71. The zero-order valence-electron chi connectivity index (χ0n) is 15.3. The maximum absolute atomic E-state index is 14.7. The van der Waals surface area contributed by atoms with Gasteiger partial charge in [0.2, 0.25) is 0 Å². The highest BCUT2D eigenvalue weighted by Gasteiger charge is 2.25. The minimum atomic E-state index is -0.696. The van der Waals surface area contributed by atoms with Gasteiger partial charge in [0.05, 0.1) is 0 Å². The highest BCUT2D eigenvalue weighted by molar-refractivity contribution is 5.65. The van der Waals surface area contributed by atoms with Crippen molar-refractivity contribution in [1.29, 1.82) is 0 Å². The number of halogens is 2. The molecule has 0 radical (unpaired) electrons. The van der Waals surface area contributed by atoms with E-state index in [1.54, 1.807) is 6.07 Å². The van der Waals surface area contributed by atoms with Crippen LogP contribution in [0.3, 0.4) is 0 Å². The van der Waals surface area contributed by atoms with Crippen LogP contribution < -0.4 is 0 Å². The molecule has 0 N–H and O–H groups in total. The van der Waals surface area contributed by atoms with E-state index in [-0.39, 0.29) is 5.92 Å². The van der Waals surface area contributed by atoms with E-state index < -0.39 is 11.6 Å². The van der Waals surface area contributed by atoms with Crippen molar-refractivity contribution in [3.63, 3.8) is 0 Å². The second kappa shape index (κ2) is 8.12. The van der Waals surface area contributed by atoms with Crippen molar-refractivity contribution in [3.05, 3.63) is 59.2 Å². The molecule has 1 saturated carbocycles. The largest absolute Gasteiger partial charge is 0.203 e. The molecule has 0 amide bonds. The third-order valence-electron chi connectivity index (χ3n) is 5.78. The monoisotopic (exact) mass is 342 g/mol. The average molecular weight is 342 g/mol. The highest BCUT2D eigenvalue weighted by Crippen LogP contribution is 2.39. The molecule has 0 aromatic heterocycles. The Kier molecular flexibility index (Phi) is 5.88. The van der Waals surface area contributed by atoms with Gasteiger partial charge in [0.25, 0.3) is 0 Å². The van der Waals surface area contributed by atoms with E-state index in [1.807, 2.05) is 30.3 Å². The van der Waals surface area contributed by atoms with Crippen LogP contribution in [0.1, 0.15) is 69.4 Å². The molecule has 134 valence electrons. The van der Waals surface area contributed by atoms with Crippen molar-refractivity contribution in [2.75, 3.05) is 0 Å². The lowest BCUT2D eigenvalue weighted by Gasteiger charge is -2.28. The first-order valence-electron chi connectivity index (χ1n) is 9.71. The number of hydrogen-bond donors (Lipinski definition) is 0. The van der Waals surface area contributed by atoms with Crippen LogP contribution in [0.2, 0.25) is 0 Å². The van der Waals surface area contributed by atoms with Crippen molar-refractivity contribution < 1.29 is 8.78 Å². The van der Waals surface area contributed by atoms with Crippen LogP contribution in [0, 0.1) is 17.6 Å². The Bertz CT molecular complexity index is 695. The summed E-state index contributed by atoms with van der Waals surface area (Å²) in [6.07, 6.45) is 7.48. The number of hydrogen-bond acceptors (Lipinski definition) is 0. The van der Waals surface area contributed by atoms with Gasteiger partial charge in [0.15, 0.2) is 11.6 Å².